The topological polar surface area (TPSA) is 16.6 Å². The van der Waals surface area contributed by atoms with Gasteiger partial charge in [0.05, 0.1) is 6.54 Å². The molecule has 2 heteroatoms. The van der Waals surface area contributed by atoms with Crippen LogP contribution in [-0.4, -0.2) is 6.54 Å². The highest BCUT2D eigenvalue weighted by molar-refractivity contribution is 5.14. The van der Waals surface area contributed by atoms with Gasteiger partial charge in [0.2, 0.25) is 0 Å². The van der Waals surface area contributed by atoms with Crippen molar-refractivity contribution >= 4 is 0 Å². The van der Waals surface area contributed by atoms with E-state index in [9.17, 15) is 0 Å². The smallest absolute Gasteiger partial charge is 0.101 e. The normalized spacial score (nSPS) is 10.1. The minimum atomic E-state index is 0. The van der Waals surface area contributed by atoms with E-state index in [-0.39, 0.29) is 17.0 Å². The maximum atomic E-state index is 2.42. The Bertz CT molecular complexity index is 410. The fourth-order valence-electron chi connectivity index (χ4n) is 2.50. The summed E-state index contributed by atoms with van der Waals surface area (Å²) in [6.45, 7) is 2.37. The number of hydrogen-bond acceptors (Lipinski definition) is 0. The molecule has 0 aliphatic heterocycles. The molecule has 0 amide bonds. The molecular formula is C19H26BrN. The Balaban J connectivity index is 0.00000220. The molecule has 0 bridgehead atoms. The van der Waals surface area contributed by atoms with Crippen LogP contribution in [0, 0.1) is 0 Å². The van der Waals surface area contributed by atoms with Gasteiger partial charge in [-0.1, -0.05) is 67.1 Å². The molecule has 0 heterocycles. The molecule has 1 nitrogen and oxygen atoms in total. The van der Waals surface area contributed by atoms with Crippen molar-refractivity contribution in [2.45, 2.75) is 38.6 Å². The van der Waals surface area contributed by atoms with Gasteiger partial charge >= 0.3 is 0 Å². The first-order valence-corrected chi connectivity index (χ1v) is 7.84. The number of halogens is 1. The van der Waals surface area contributed by atoms with Crippen LogP contribution in [-0.2, 0) is 13.0 Å². The summed E-state index contributed by atoms with van der Waals surface area (Å²) in [5.74, 6) is 0. The van der Waals surface area contributed by atoms with Gasteiger partial charge in [-0.3, -0.25) is 0 Å². The number of benzene rings is 2. The molecule has 0 saturated heterocycles. The van der Waals surface area contributed by atoms with Crippen molar-refractivity contribution in [3.8, 4) is 0 Å². The third-order valence-corrected chi connectivity index (χ3v) is 3.69. The summed E-state index contributed by atoms with van der Waals surface area (Å²) in [5, 5.41) is 2.42. The molecule has 2 aromatic carbocycles. The third kappa shape index (κ3) is 8.03. The monoisotopic (exact) mass is 347 g/mol. The van der Waals surface area contributed by atoms with Gasteiger partial charge in [-0.25, -0.2) is 0 Å². The van der Waals surface area contributed by atoms with Gasteiger partial charge in [0.25, 0.3) is 0 Å². The van der Waals surface area contributed by atoms with Gasteiger partial charge in [-0.2, -0.15) is 0 Å². The Morgan fingerprint density at radius 2 is 1.19 bits per heavy atom. The minimum Gasteiger partial charge on any atom is -1.00 e. The van der Waals surface area contributed by atoms with Crippen molar-refractivity contribution in [1.29, 1.82) is 0 Å². The van der Waals surface area contributed by atoms with Crippen LogP contribution in [0.15, 0.2) is 60.7 Å². The first kappa shape index (κ1) is 17.9. The molecule has 2 rings (SSSR count). The molecule has 0 aliphatic carbocycles. The van der Waals surface area contributed by atoms with Crippen LogP contribution in [0.2, 0.25) is 0 Å². The highest BCUT2D eigenvalue weighted by atomic mass is 79.9. The van der Waals surface area contributed by atoms with Crippen molar-refractivity contribution in [1.82, 2.24) is 0 Å². The summed E-state index contributed by atoms with van der Waals surface area (Å²) in [7, 11) is 0. The largest absolute Gasteiger partial charge is 1.00 e. The minimum absolute atomic E-state index is 0. The van der Waals surface area contributed by atoms with E-state index >= 15 is 0 Å². The molecule has 0 saturated carbocycles. The van der Waals surface area contributed by atoms with E-state index in [1.54, 1.807) is 0 Å². The first-order chi connectivity index (χ1) is 9.95. The number of aryl methyl sites for hydroxylation is 1. The van der Waals surface area contributed by atoms with Gasteiger partial charge in [-0.15, -0.1) is 0 Å². The molecule has 21 heavy (non-hydrogen) atoms. The van der Waals surface area contributed by atoms with Crippen molar-refractivity contribution < 1.29 is 22.3 Å². The SMILES string of the molecule is [Br-].c1ccc(CCCCCC[NH2+]Cc2ccccc2)cc1. The molecule has 2 N–H and O–H groups in total. The van der Waals surface area contributed by atoms with Gasteiger partial charge in [0.1, 0.15) is 6.54 Å². The van der Waals surface area contributed by atoms with Gasteiger partial charge in [-0.05, 0) is 31.2 Å². The zero-order chi connectivity index (χ0) is 13.9. The van der Waals surface area contributed by atoms with Crippen LogP contribution >= 0.6 is 0 Å². The lowest BCUT2D eigenvalue weighted by Crippen LogP contribution is -3.00. The van der Waals surface area contributed by atoms with Crippen LogP contribution in [0.1, 0.15) is 36.8 Å². The summed E-state index contributed by atoms with van der Waals surface area (Å²) in [5.41, 5.74) is 2.90. The van der Waals surface area contributed by atoms with E-state index < -0.39 is 0 Å². The lowest BCUT2D eigenvalue weighted by molar-refractivity contribution is -0.671. The number of rotatable bonds is 9. The second-order valence-electron chi connectivity index (χ2n) is 5.42. The van der Waals surface area contributed by atoms with E-state index in [1.807, 2.05) is 0 Å². The Hall–Kier alpha value is -1.12. The lowest BCUT2D eigenvalue weighted by Gasteiger charge is -2.03. The molecule has 0 radical (unpaired) electrons. The van der Waals surface area contributed by atoms with Crippen molar-refractivity contribution in [2.75, 3.05) is 6.54 Å². The van der Waals surface area contributed by atoms with E-state index in [1.165, 1.54) is 49.8 Å². The molecule has 0 unspecified atom stereocenters. The zero-order valence-corrected chi connectivity index (χ0v) is 14.3. The highest BCUT2D eigenvalue weighted by Gasteiger charge is 1.96. The molecule has 2 aromatic rings. The van der Waals surface area contributed by atoms with Crippen molar-refractivity contribution in [3.63, 3.8) is 0 Å². The van der Waals surface area contributed by atoms with Crippen LogP contribution in [0.3, 0.4) is 0 Å². The van der Waals surface area contributed by atoms with Crippen LogP contribution in [0.25, 0.3) is 0 Å². The maximum absolute atomic E-state index is 2.42. The number of nitrogens with two attached hydrogens (primary N) is 1. The molecule has 0 fully saturated rings. The fraction of sp³-hybridized carbons (Fsp3) is 0.368. The predicted octanol–water partition coefficient (Wildman–Crippen LogP) is 0.557. The van der Waals surface area contributed by atoms with Crippen molar-refractivity contribution in [3.05, 3.63) is 71.8 Å². The fourth-order valence-corrected chi connectivity index (χ4v) is 2.50. The number of quaternary nitrogens is 1. The number of unbranched alkanes of at least 4 members (excludes halogenated alkanes) is 3. The van der Waals surface area contributed by atoms with Gasteiger partial charge < -0.3 is 22.3 Å². The average molecular weight is 348 g/mol. The Morgan fingerprint density at radius 1 is 0.619 bits per heavy atom. The van der Waals surface area contributed by atoms with Crippen LogP contribution in [0.4, 0.5) is 0 Å². The van der Waals surface area contributed by atoms with E-state index in [2.05, 4.69) is 66.0 Å². The number of hydrogen-bond donors (Lipinski definition) is 1. The second kappa shape index (κ2) is 11.5. The standard InChI is InChI=1S/C19H25N.BrH/c1(5-11-18-12-6-3-7-13-18)2-10-16-20-17-19-14-8-4-9-15-19;/h3-4,6-9,12-15,20H,1-2,5,10-11,16-17H2;1H. The lowest BCUT2D eigenvalue weighted by atomic mass is 10.1. The molecule has 0 aromatic heterocycles. The highest BCUT2D eigenvalue weighted by Crippen LogP contribution is 2.06. The predicted molar refractivity (Wildman–Crippen MR) is 85.6 cm³/mol. The zero-order valence-electron chi connectivity index (χ0n) is 12.7. The molecule has 114 valence electrons. The van der Waals surface area contributed by atoms with E-state index in [4.69, 9.17) is 0 Å². The molecule has 0 aliphatic rings. The Morgan fingerprint density at radius 3 is 1.86 bits per heavy atom. The summed E-state index contributed by atoms with van der Waals surface area (Å²) in [6, 6.07) is 21.5. The summed E-state index contributed by atoms with van der Waals surface area (Å²) < 4.78 is 0. The van der Waals surface area contributed by atoms with Crippen LogP contribution in [0.5, 0.6) is 0 Å². The van der Waals surface area contributed by atoms with Gasteiger partial charge in [0, 0.05) is 5.56 Å². The van der Waals surface area contributed by atoms with Crippen LogP contribution < -0.4 is 22.3 Å². The van der Waals surface area contributed by atoms with Crippen molar-refractivity contribution in [2.24, 2.45) is 0 Å². The Labute approximate surface area is 139 Å². The van der Waals surface area contributed by atoms with Gasteiger partial charge in [0.15, 0.2) is 0 Å². The summed E-state index contributed by atoms with van der Waals surface area (Å²) >= 11 is 0. The maximum Gasteiger partial charge on any atom is 0.101 e. The van der Waals surface area contributed by atoms with E-state index in [0.29, 0.717) is 0 Å². The summed E-state index contributed by atoms with van der Waals surface area (Å²) in [6.07, 6.45) is 6.60. The second-order valence-corrected chi connectivity index (χ2v) is 5.42. The third-order valence-electron chi connectivity index (χ3n) is 3.69. The Kier molecular flexibility index (Phi) is 9.84. The quantitative estimate of drug-likeness (QED) is 0.638. The average Bonchev–Trinajstić information content (AvgIpc) is 2.52. The molecule has 0 atom stereocenters. The molecule has 0 spiro atoms. The first-order valence-electron chi connectivity index (χ1n) is 7.84. The summed E-state index contributed by atoms with van der Waals surface area (Å²) in [4.78, 5) is 0. The molecular weight excluding hydrogens is 322 g/mol. The van der Waals surface area contributed by atoms with E-state index in [0.717, 1.165) is 6.54 Å².